The second kappa shape index (κ2) is 6.35. The van der Waals surface area contributed by atoms with Crippen molar-refractivity contribution < 1.29 is 14.1 Å². The lowest BCUT2D eigenvalue weighted by molar-refractivity contribution is -0.145. The van der Waals surface area contributed by atoms with Gasteiger partial charge in [-0.15, -0.1) is 0 Å². The molecule has 0 saturated heterocycles. The first-order valence-electron chi connectivity index (χ1n) is 5.92. The summed E-state index contributed by atoms with van der Waals surface area (Å²) in [6, 6.07) is 0. The molecule has 0 spiro atoms. The van der Waals surface area contributed by atoms with Gasteiger partial charge in [-0.3, -0.25) is 9.57 Å². The number of carboxylic acid groups (broad SMARTS) is 1. The topological polar surface area (TPSA) is 104 Å². The highest BCUT2D eigenvalue weighted by atomic mass is 32.2. The molecule has 0 aromatic rings. The molecule has 0 aliphatic heterocycles. The Kier molecular flexibility index (Phi) is 6.12. The minimum Gasteiger partial charge on any atom is -0.480 e. The van der Waals surface area contributed by atoms with Gasteiger partial charge in [0.1, 0.15) is 5.54 Å². The van der Waals surface area contributed by atoms with Gasteiger partial charge in [0.25, 0.3) is 0 Å². The molecule has 0 fully saturated rings. The van der Waals surface area contributed by atoms with E-state index in [1.807, 2.05) is 6.92 Å². The van der Waals surface area contributed by atoms with E-state index in [4.69, 9.17) is 15.6 Å². The summed E-state index contributed by atoms with van der Waals surface area (Å²) in [5.41, 5.74) is 4.43. The van der Waals surface area contributed by atoms with E-state index in [0.717, 1.165) is 12.8 Å². The van der Waals surface area contributed by atoms with Gasteiger partial charge in [0.2, 0.25) is 0 Å². The fourth-order valence-electron chi connectivity index (χ4n) is 1.46. The monoisotopic (exact) mass is 264 g/mol. The molecule has 4 N–H and O–H groups in total. The van der Waals surface area contributed by atoms with Crippen LogP contribution in [0, 0.1) is 10.7 Å². The second-order valence-electron chi connectivity index (χ2n) is 4.82. The predicted molar refractivity (Wildman–Crippen MR) is 69.5 cm³/mol. The SMILES string of the molecule is CCCCS(=N)(=O)CC[C@](N)(C(=O)O)C(C)C. The number of hydrogen-bond donors (Lipinski definition) is 3. The molecule has 0 saturated carbocycles. The quantitative estimate of drug-likeness (QED) is 0.620. The van der Waals surface area contributed by atoms with E-state index in [9.17, 15) is 9.00 Å². The zero-order chi connectivity index (χ0) is 13.7. The smallest absolute Gasteiger partial charge is 0.323 e. The van der Waals surface area contributed by atoms with Gasteiger partial charge in [-0.2, -0.15) is 0 Å². The molecule has 6 heteroatoms. The Hall–Kier alpha value is -0.620. The lowest BCUT2D eigenvalue weighted by Crippen LogP contribution is -2.53. The van der Waals surface area contributed by atoms with E-state index >= 15 is 0 Å². The normalized spacial score (nSPS) is 18.6. The first-order chi connectivity index (χ1) is 7.65. The summed E-state index contributed by atoms with van der Waals surface area (Å²) in [4.78, 5) is 11.1. The van der Waals surface area contributed by atoms with Crippen molar-refractivity contribution in [2.45, 2.75) is 45.6 Å². The van der Waals surface area contributed by atoms with Crippen molar-refractivity contribution in [3.05, 3.63) is 0 Å². The van der Waals surface area contributed by atoms with Crippen molar-refractivity contribution >= 4 is 15.7 Å². The van der Waals surface area contributed by atoms with Gasteiger partial charge in [-0.25, -0.2) is 4.21 Å². The molecule has 0 amide bonds. The molecule has 5 nitrogen and oxygen atoms in total. The lowest BCUT2D eigenvalue weighted by atomic mass is 9.85. The average molecular weight is 264 g/mol. The van der Waals surface area contributed by atoms with E-state index < -0.39 is 21.2 Å². The maximum absolute atomic E-state index is 11.9. The van der Waals surface area contributed by atoms with Crippen LogP contribution < -0.4 is 5.73 Å². The number of rotatable bonds is 8. The van der Waals surface area contributed by atoms with Gasteiger partial charge >= 0.3 is 5.97 Å². The first-order valence-corrected chi connectivity index (χ1v) is 7.81. The molecule has 17 heavy (non-hydrogen) atoms. The molecule has 0 aliphatic carbocycles. The van der Waals surface area contributed by atoms with Crippen LogP contribution in [0.4, 0.5) is 0 Å². The van der Waals surface area contributed by atoms with E-state index in [2.05, 4.69) is 0 Å². The first kappa shape index (κ1) is 16.4. The van der Waals surface area contributed by atoms with Crippen LogP contribution in [-0.2, 0) is 14.5 Å². The predicted octanol–water partition coefficient (Wildman–Crippen LogP) is 1.66. The Balaban J connectivity index is 4.58. The Morgan fingerprint density at radius 3 is 2.35 bits per heavy atom. The number of nitrogens with two attached hydrogens (primary N) is 1. The Morgan fingerprint density at radius 1 is 1.47 bits per heavy atom. The minimum absolute atomic E-state index is 0.0635. The molecule has 1 unspecified atom stereocenters. The Morgan fingerprint density at radius 2 is 2.00 bits per heavy atom. The molecular weight excluding hydrogens is 240 g/mol. The number of carboxylic acids is 1. The van der Waals surface area contributed by atoms with Crippen LogP contribution in [0.1, 0.15) is 40.0 Å². The van der Waals surface area contributed by atoms with E-state index in [0.29, 0.717) is 5.75 Å². The van der Waals surface area contributed by atoms with Gasteiger partial charge < -0.3 is 10.8 Å². The fraction of sp³-hybridized carbons (Fsp3) is 0.909. The van der Waals surface area contributed by atoms with Crippen molar-refractivity contribution in [1.29, 1.82) is 4.78 Å². The number of aliphatic carboxylic acids is 1. The van der Waals surface area contributed by atoms with Crippen molar-refractivity contribution in [1.82, 2.24) is 0 Å². The summed E-state index contributed by atoms with van der Waals surface area (Å²) in [7, 11) is -2.69. The highest BCUT2D eigenvalue weighted by Gasteiger charge is 2.37. The fourth-order valence-corrected chi connectivity index (χ4v) is 3.08. The van der Waals surface area contributed by atoms with Gasteiger partial charge in [-0.05, 0) is 18.8 Å². The molecule has 0 aromatic heterocycles. The number of unbranched alkanes of at least 4 members (excludes halogenated alkanes) is 1. The number of nitrogens with one attached hydrogen (secondary N) is 1. The minimum atomic E-state index is -2.69. The van der Waals surface area contributed by atoms with E-state index in [-0.39, 0.29) is 18.1 Å². The standard InChI is InChI=1S/C11H24N2O3S/c1-4-5-7-17(13,16)8-6-11(12,9(2)3)10(14)15/h9,13H,4-8,12H2,1-3H3,(H,14,15)/t11-,17?/m1/s1. The second-order valence-corrected chi connectivity index (χ2v) is 7.26. The highest BCUT2D eigenvalue weighted by Crippen LogP contribution is 2.20. The third kappa shape index (κ3) is 5.04. The molecule has 0 aliphatic rings. The zero-order valence-electron chi connectivity index (χ0n) is 10.9. The molecule has 0 bridgehead atoms. The van der Waals surface area contributed by atoms with Crippen molar-refractivity contribution in [3.8, 4) is 0 Å². The van der Waals surface area contributed by atoms with E-state index in [1.54, 1.807) is 13.8 Å². The number of carbonyl (C=O) groups is 1. The van der Waals surface area contributed by atoms with E-state index in [1.165, 1.54) is 0 Å². The molecule has 0 aromatic carbocycles. The number of hydrogen-bond acceptors (Lipinski definition) is 4. The molecule has 0 radical (unpaired) electrons. The lowest BCUT2D eigenvalue weighted by Gasteiger charge is -2.29. The highest BCUT2D eigenvalue weighted by molar-refractivity contribution is 7.92. The van der Waals surface area contributed by atoms with Gasteiger partial charge in [-0.1, -0.05) is 27.2 Å². The zero-order valence-corrected chi connectivity index (χ0v) is 11.7. The van der Waals surface area contributed by atoms with Gasteiger partial charge in [0.15, 0.2) is 0 Å². The van der Waals surface area contributed by atoms with Crippen LogP contribution >= 0.6 is 0 Å². The van der Waals surface area contributed by atoms with Crippen molar-refractivity contribution in [3.63, 3.8) is 0 Å². The van der Waals surface area contributed by atoms with Gasteiger partial charge in [0, 0.05) is 21.2 Å². The Labute approximate surface area is 104 Å². The van der Waals surface area contributed by atoms with Crippen molar-refractivity contribution in [2.24, 2.45) is 11.7 Å². The van der Waals surface area contributed by atoms with Crippen molar-refractivity contribution in [2.75, 3.05) is 11.5 Å². The molecule has 2 atom stereocenters. The van der Waals surface area contributed by atoms with Crippen LogP contribution in [0.2, 0.25) is 0 Å². The summed E-state index contributed by atoms with van der Waals surface area (Å²) in [6.45, 7) is 5.42. The molecular formula is C11H24N2O3S. The van der Waals surface area contributed by atoms with Crippen LogP contribution in [0.15, 0.2) is 0 Å². The third-order valence-corrected chi connectivity index (χ3v) is 4.91. The largest absolute Gasteiger partial charge is 0.480 e. The summed E-state index contributed by atoms with van der Waals surface area (Å²) in [5.74, 6) is -0.940. The molecule has 0 heterocycles. The van der Waals surface area contributed by atoms with Crippen LogP contribution in [0.25, 0.3) is 0 Å². The molecule has 102 valence electrons. The summed E-state index contributed by atoms with van der Waals surface area (Å²) in [5, 5.41) is 9.10. The maximum atomic E-state index is 11.9. The van der Waals surface area contributed by atoms with Gasteiger partial charge in [0.05, 0.1) is 0 Å². The maximum Gasteiger partial charge on any atom is 0.323 e. The van der Waals surface area contributed by atoms with Crippen LogP contribution in [0.3, 0.4) is 0 Å². The van der Waals surface area contributed by atoms with Crippen LogP contribution in [-0.4, -0.2) is 32.3 Å². The third-order valence-electron chi connectivity index (χ3n) is 3.10. The summed E-state index contributed by atoms with van der Waals surface area (Å²) < 4.78 is 19.5. The average Bonchev–Trinajstić information content (AvgIpc) is 2.22. The Bertz CT molecular complexity index is 352. The summed E-state index contributed by atoms with van der Waals surface area (Å²) >= 11 is 0. The summed E-state index contributed by atoms with van der Waals surface area (Å²) in [6.07, 6.45) is 1.70. The van der Waals surface area contributed by atoms with Crippen LogP contribution in [0.5, 0.6) is 0 Å². The molecule has 0 rings (SSSR count).